The van der Waals surface area contributed by atoms with Gasteiger partial charge in [-0.3, -0.25) is 0 Å². The van der Waals surface area contributed by atoms with E-state index in [2.05, 4.69) is 4.72 Å². The van der Waals surface area contributed by atoms with Gasteiger partial charge in [0.1, 0.15) is 5.82 Å². The highest BCUT2D eigenvalue weighted by Crippen LogP contribution is 2.31. The van der Waals surface area contributed by atoms with Crippen LogP contribution in [0.15, 0.2) is 29.2 Å². The second kappa shape index (κ2) is 5.97. The Morgan fingerprint density at radius 1 is 1.33 bits per heavy atom. The van der Waals surface area contributed by atoms with Gasteiger partial charge in [0, 0.05) is 12.6 Å². The molecule has 2 rings (SSSR count). The molecule has 102 valence electrons. The van der Waals surface area contributed by atoms with E-state index in [4.69, 9.17) is 5.73 Å². The summed E-state index contributed by atoms with van der Waals surface area (Å²) < 4.78 is 38.7. The van der Waals surface area contributed by atoms with Crippen molar-refractivity contribution in [3.05, 3.63) is 30.1 Å². The topological polar surface area (TPSA) is 72.2 Å². The van der Waals surface area contributed by atoms with Crippen LogP contribution in [-0.2, 0) is 10.0 Å². The first-order chi connectivity index (χ1) is 7.99. The molecule has 4 nitrogen and oxygen atoms in total. The van der Waals surface area contributed by atoms with Crippen LogP contribution in [0.2, 0.25) is 0 Å². The Morgan fingerprint density at radius 3 is 2.39 bits per heavy atom. The van der Waals surface area contributed by atoms with Gasteiger partial charge in [0.2, 0.25) is 10.0 Å². The van der Waals surface area contributed by atoms with Crippen LogP contribution in [0.5, 0.6) is 0 Å². The Hall–Kier alpha value is -0.690. The third-order valence-electron chi connectivity index (χ3n) is 2.86. The SMILES string of the molecule is Cl.NC(CNS(=O)(=O)c1ccc(F)cc1)C1CC1. The zero-order valence-electron chi connectivity index (χ0n) is 9.67. The summed E-state index contributed by atoms with van der Waals surface area (Å²) in [4.78, 5) is 0.0573. The maximum absolute atomic E-state index is 12.7. The number of nitrogens with one attached hydrogen (secondary N) is 1. The third-order valence-corrected chi connectivity index (χ3v) is 4.30. The van der Waals surface area contributed by atoms with Crippen molar-refractivity contribution in [2.45, 2.75) is 23.8 Å². The Bertz CT molecular complexity index is 488. The highest BCUT2D eigenvalue weighted by Gasteiger charge is 2.29. The standard InChI is InChI=1S/C11H15FN2O2S.ClH/c12-9-3-5-10(6-4-9)17(15,16)14-7-11(13)8-1-2-8;/h3-6,8,11,14H,1-2,7,13H2;1H. The summed E-state index contributed by atoms with van der Waals surface area (Å²) in [6, 6.07) is 4.58. The fourth-order valence-electron chi connectivity index (χ4n) is 1.59. The zero-order valence-corrected chi connectivity index (χ0v) is 11.3. The van der Waals surface area contributed by atoms with E-state index in [0.29, 0.717) is 5.92 Å². The summed E-state index contributed by atoms with van der Waals surface area (Å²) in [5.41, 5.74) is 5.80. The minimum absolute atomic E-state index is 0. The van der Waals surface area contributed by atoms with Crippen LogP contribution in [0, 0.1) is 11.7 Å². The smallest absolute Gasteiger partial charge is 0.240 e. The van der Waals surface area contributed by atoms with Crippen LogP contribution >= 0.6 is 12.4 Å². The molecule has 0 aliphatic heterocycles. The molecule has 0 bridgehead atoms. The average Bonchev–Trinajstić information content (AvgIpc) is 3.10. The van der Waals surface area contributed by atoms with E-state index in [0.717, 1.165) is 25.0 Å². The number of nitrogens with two attached hydrogens (primary N) is 1. The van der Waals surface area contributed by atoms with Gasteiger partial charge in [-0.05, 0) is 43.0 Å². The van der Waals surface area contributed by atoms with Crippen LogP contribution in [0.4, 0.5) is 4.39 Å². The van der Waals surface area contributed by atoms with Gasteiger partial charge in [0.05, 0.1) is 4.90 Å². The van der Waals surface area contributed by atoms with Crippen molar-refractivity contribution in [3.8, 4) is 0 Å². The maximum Gasteiger partial charge on any atom is 0.240 e. The lowest BCUT2D eigenvalue weighted by Crippen LogP contribution is -2.38. The lowest BCUT2D eigenvalue weighted by Gasteiger charge is -2.11. The van der Waals surface area contributed by atoms with Gasteiger partial charge in [0.15, 0.2) is 0 Å². The normalized spacial score (nSPS) is 17.0. The molecule has 3 N–H and O–H groups in total. The molecule has 7 heteroatoms. The summed E-state index contributed by atoms with van der Waals surface area (Å²) >= 11 is 0. The van der Waals surface area contributed by atoms with Crippen LogP contribution < -0.4 is 10.5 Å². The summed E-state index contributed by atoms with van der Waals surface area (Å²) in [6.45, 7) is 0.227. The van der Waals surface area contributed by atoms with Gasteiger partial charge in [-0.25, -0.2) is 17.5 Å². The van der Waals surface area contributed by atoms with E-state index < -0.39 is 15.8 Å². The molecule has 1 aromatic rings. The minimum atomic E-state index is -3.57. The molecule has 1 unspecified atom stereocenters. The fraction of sp³-hybridized carbons (Fsp3) is 0.455. The molecule has 18 heavy (non-hydrogen) atoms. The number of hydrogen-bond acceptors (Lipinski definition) is 3. The number of rotatable bonds is 5. The molecular formula is C11H16ClFN2O2S. The van der Waals surface area contributed by atoms with E-state index >= 15 is 0 Å². The quantitative estimate of drug-likeness (QED) is 0.859. The maximum atomic E-state index is 12.7. The van der Waals surface area contributed by atoms with Crippen molar-refractivity contribution in [1.82, 2.24) is 4.72 Å². The van der Waals surface area contributed by atoms with E-state index in [1.165, 1.54) is 12.1 Å². The molecule has 0 saturated heterocycles. The highest BCUT2D eigenvalue weighted by atomic mass is 35.5. The summed E-state index contributed by atoms with van der Waals surface area (Å²) in [6.07, 6.45) is 2.14. The number of benzene rings is 1. The largest absolute Gasteiger partial charge is 0.326 e. The van der Waals surface area contributed by atoms with E-state index in [1.54, 1.807) is 0 Å². The van der Waals surface area contributed by atoms with Crippen molar-refractivity contribution in [2.75, 3.05) is 6.54 Å². The second-order valence-corrected chi connectivity index (χ2v) is 6.07. The average molecular weight is 295 g/mol. The molecule has 0 heterocycles. The summed E-state index contributed by atoms with van der Waals surface area (Å²) in [5, 5.41) is 0. The minimum Gasteiger partial charge on any atom is -0.326 e. The van der Waals surface area contributed by atoms with Crippen molar-refractivity contribution in [1.29, 1.82) is 0 Å². The monoisotopic (exact) mass is 294 g/mol. The van der Waals surface area contributed by atoms with E-state index in [1.807, 2.05) is 0 Å². The van der Waals surface area contributed by atoms with Gasteiger partial charge < -0.3 is 5.73 Å². The van der Waals surface area contributed by atoms with Gasteiger partial charge in [0.25, 0.3) is 0 Å². The molecule has 1 aromatic carbocycles. The van der Waals surface area contributed by atoms with E-state index in [9.17, 15) is 12.8 Å². The lowest BCUT2D eigenvalue weighted by atomic mass is 10.2. The summed E-state index contributed by atoms with van der Waals surface area (Å²) in [7, 11) is -3.57. The van der Waals surface area contributed by atoms with Crippen LogP contribution in [0.3, 0.4) is 0 Å². The molecule has 0 spiro atoms. The van der Waals surface area contributed by atoms with Gasteiger partial charge in [-0.2, -0.15) is 0 Å². The zero-order chi connectivity index (χ0) is 12.5. The van der Waals surface area contributed by atoms with Gasteiger partial charge >= 0.3 is 0 Å². The Labute approximate surface area is 112 Å². The molecule has 0 amide bonds. The first-order valence-electron chi connectivity index (χ1n) is 5.50. The third kappa shape index (κ3) is 3.91. The number of halogens is 2. The first kappa shape index (κ1) is 15.4. The highest BCUT2D eigenvalue weighted by molar-refractivity contribution is 7.89. The van der Waals surface area contributed by atoms with Crippen LogP contribution in [0.1, 0.15) is 12.8 Å². The van der Waals surface area contributed by atoms with Crippen molar-refractivity contribution in [3.63, 3.8) is 0 Å². The Morgan fingerprint density at radius 2 is 1.89 bits per heavy atom. The van der Waals surface area contributed by atoms with E-state index in [-0.39, 0.29) is 29.9 Å². The molecular weight excluding hydrogens is 279 g/mol. The predicted molar refractivity (Wildman–Crippen MR) is 69.5 cm³/mol. The molecule has 1 atom stereocenters. The van der Waals surface area contributed by atoms with Crippen molar-refractivity contribution >= 4 is 22.4 Å². The molecule has 1 fully saturated rings. The molecule has 0 radical (unpaired) electrons. The van der Waals surface area contributed by atoms with Crippen LogP contribution in [-0.4, -0.2) is 21.0 Å². The van der Waals surface area contributed by atoms with Crippen molar-refractivity contribution in [2.24, 2.45) is 11.7 Å². The summed E-state index contributed by atoms with van der Waals surface area (Å²) in [5.74, 6) is -0.0236. The molecule has 1 aliphatic carbocycles. The Balaban J connectivity index is 0.00000162. The number of hydrogen-bond donors (Lipinski definition) is 2. The van der Waals surface area contributed by atoms with Crippen molar-refractivity contribution < 1.29 is 12.8 Å². The molecule has 1 aliphatic rings. The van der Waals surface area contributed by atoms with Gasteiger partial charge in [-0.1, -0.05) is 0 Å². The lowest BCUT2D eigenvalue weighted by molar-refractivity contribution is 0.547. The Kier molecular flexibility index (Phi) is 5.10. The fourth-order valence-corrected chi connectivity index (χ4v) is 2.67. The first-order valence-corrected chi connectivity index (χ1v) is 6.98. The second-order valence-electron chi connectivity index (χ2n) is 4.31. The predicted octanol–water partition coefficient (Wildman–Crippen LogP) is 1.26. The van der Waals surface area contributed by atoms with Gasteiger partial charge in [-0.15, -0.1) is 12.4 Å². The molecule has 0 aromatic heterocycles. The van der Waals surface area contributed by atoms with Crippen LogP contribution in [0.25, 0.3) is 0 Å². The molecule has 1 saturated carbocycles. The number of sulfonamides is 1.